The maximum absolute atomic E-state index is 12.4. The predicted octanol–water partition coefficient (Wildman–Crippen LogP) is 2.73. The molecule has 0 N–H and O–H groups in total. The summed E-state index contributed by atoms with van der Waals surface area (Å²) in [7, 11) is 0. The number of piperidine rings is 1. The van der Waals surface area contributed by atoms with Crippen molar-refractivity contribution in [3.8, 4) is 0 Å². The minimum absolute atomic E-state index is 0.0210. The van der Waals surface area contributed by atoms with Crippen LogP contribution in [0.4, 0.5) is 5.69 Å². The van der Waals surface area contributed by atoms with E-state index in [1.165, 1.54) is 11.0 Å². The third-order valence-electron chi connectivity index (χ3n) is 3.40. The van der Waals surface area contributed by atoms with Crippen LogP contribution in [0.25, 0.3) is 0 Å². The molecule has 1 amide bonds. The Labute approximate surface area is 136 Å². The second-order valence-electron chi connectivity index (χ2n) is 4.87. The molecule has 1 atom stereocenters. The fourth-order valence-corrected chi connectivity index (χ4v) is 3.55. The highest BCUT2D eigenvalue weighted by Gasteiger charge is 2.31. The van der Waals surface area contributed by atoms with Crippen molar-refractivity contribution >= 4 is 40.5 Å². The number of carbonyl (C=O) groups is 2. The van der Waals surface area contributed by atoms with Crippen molar-refractivity contribution in [3.63, 3.8) is 0 Å². The Kier molecular flexibility index (Phi) is 5.36. The Hall–Kier alpha value is -1.67. The number of amides is 1. The van der Waals surface area contributed by atoms with E-state index in [1.807, 2.05) is 0 Å². The molecule has 2 rings (SSSR count). The first-order valence-corrected chi connectivity index (χ1v) is 8.03. The van der Waals surface area contributed by atoms with Gasteiger partial charge in [-0.25, -0.2) is 0 Å². The van der Waals surface area contributed by atoms with Gasteiger partial charge in [-0.1, -0.05) is 11.6 Å². The highest BCUT2D eigenvalue weighted by Crippen LogP contribution is 2.35. The molecule has 1 unspecified atom stereocenters. The van der Waals surface area contributed by atoms with Crippen LogP contribution in [0.5, 0.6) is 0 Å². The largest absolute Gasteiger partial charge is 0.466 e. The average molecular weight is 347 g/mol. The SMILES string of the molecule is CCOC(=O)C1CCCN(C(=O)c2cc([N+](=O)[O-])c(Cl)s2)C1. The number of nitrogens with zero attached hydrogens (tertiary/aromatic N) is 2. The monoisotopic (exact) mass is 346 g/mol. The van der Waals surface area contributed by atoms with Crippen LogP contribution in [0, 0.1) is 16.0 Å². The van der Waals surface area contributed by atoms with Crippen molar-refractivity contribution in [2.24, 2.45) is 5.92 Å². The van der Waals surface area contributed by atoms with E-state index in [2.05, 4.69) is 0 Å². The molecule has 9 heteroatoms. The predicted molar refractivity (Wildman–Crippen MR) is 81.2 cm³/mol. The highest BCUT2D eigenvalue weighted by molar-refractivity contribution is 7.18. The number of nitro groups is 1. The zero-order valence-corrected chi connectivity index (χ0v) is 13.5. The van der Waals surface area contributed by atoms with Crippen LogP contribution in [-0.4, -0.2) is 41.4 Å². The molecule has 0 aromatic carbocycles. The molecule has 0 spiro atoms. The summed E-state index contributed by atoms with van der Waals surface area (Å²) in [6, 6.07) is 1.18. The van der Waals surface area contributed by atoms with Crippen molar-refractivity contribution < 1.29 is 19.2 Å². The molecule has 0 radical (unpaired) electrons. The van der Waals surface area contributed by atoms with Gasteiger partial charge < -0.3 is 9.64 Å². The summed E-state index contributed by atoms with van der Waals surface area (Å²) in [5.74, 6) is -0.993. The molecule has 0 aliphatic carbocycles. The molecule has 2 heterocycles. The fourth-order valence-electron chi connectivity index (χ4n) is 2.36. The van der Waals surface area contributed by atoms with Gasteiger partial charge in [-0.2, -0.15) is 0 Å². The first-order valence-electron chi connectivity index (χ1n) is 6.83. The van der Waals surface area contributed by atoms with Gasteiger partial charge in [0.25, 0.3) is 11.6 Å². The standard InChI is InChI=1S/C13H15ClN2O5S/c1-2-21-13(18)8-4-3-5-15(7-8)12(17)10-6-9(16(19)20)11(14)22-10/h6,8H,2-5,7H2,1H3. The molecule has 120 valence electrons. The van der Waals surface area contributed by atoms with E-state index in [9.17, 15) is 19.7 Å². The number of hydrogen-bond acceptors (Lipinski definition) is 6. The zero-order valence-electron chi connectivity index (χ0n) is 11.9. The average Bonchev–Trinajstić information content (AvgIpc) is 2.89. The van der Waals surface area contributed by atoms with Crippen LogP contribution in [0.15, 0.2) is 6.07 Å². The molecule has 1 aromatic rings. The number of likely N-dealkylation sites (tertiary alicyclic amines) is 1. The van der Waals surface area contributed by atoms with E-state index >= 15 is 0 Å². The number of carbonyl (C=O) groups excluding carboxylic acids is 2. The fraction of sp³-hybridized carbons (Fsp3) is 0.538. The summed E-state index contributed by atoms with van der Waals surface area (Å²) in [5.41, 5.74) is -0.269. The lowest BCUT2D eigenvalue weighted by Gasteiger charge is -2.31. The van der Waals surface area contributed by atoms with Gasteiger partial charge in [0.2, 0.25) is 0 Å². The maximum Gasteiger partial charge on any atom is 0.310 e. The lowest BCUT2D eigenvalue weighted by atomic mass is 9.98. The van der Waals surface area contributed by atoms with Crippen molar-refractivity contribution in [2.45, 2.75) is 19.8 Å². The quantitative estimate of drug-likeness (QED) is 0.475. The minimum atomic E-state index is -0.618. The van der Waals surface area contributed by atoms with E-state index in [-0.39, 0.29) is 39.2 Å². The summed E-state index contributed by atoms with van der Waals surface area (Å²) >= 11 is 6.66. The normalized spacial score (nSPS) is 18.1. The Morgan fingerprint density at radius 3 is 2.91 bits per heavy atom. The number of halogens is 1. The molecule has 1 aliphatic heterocycles. The maximum atomic E-state index is 12.4. The van der Waals surface area contributed by atoms with Gasteiger partial charge in [-0.05, 0) is 19.8 Å². The van der Waals surface area contributed by atoms with Crippen molar-refractivity contribution in [1.29, 1.82) is 0 Å². The smallest absolute Gasteiger partial charge is 0.310 e. The van der Waals surface area contributed by atoms with E-state index < -0.39 is 4.92 Å². The third kappa shape index (κ3) is 3.56. The van der Waals surface area contributed by atoms with Gasteiger partial charge in [0.15, 0.2) is 4.34 Å². The molecule has 0 saturated carbocycles. The number of thiophene rings is 1. The van der Waals surface area contributed by atoms with Crippen LogP contribution >= 0.6 is 22.9 Å². The van der Waals surface area contributed by atoms with Crippen molar-refractivity contribution in [2.75, 3.05) is 19.7 Å². The molecule has 1 aromatic heterocycles. The zero-order chi connectivity index (χ0) is 16.3. The lowest BCUT2D eigenvalue weighted by Crippen LogP contribution is -2.42. The Bertz CT molecular complexity index is 603. The topological polar surface area (TPSA) is 89.8 Å². The molecule has 1 aliphatic rings. The van der Waals surface area contributed by atoms with Gasteiger partial charge in [0.05, 0.1) is 17.4 Å². The summed E-state index contributed by atoms with van der Waals surface area (Å²) < 4.78 is 4.96. The van der Waals surface area contributed by atoms with Gasteiger partial charge >= 0.3 is 5.97 Å². The lowest BCUT2D eigenvalue weighted by molar-refractivity contribution is -0.384. The Balaban J connectivity index is 2.10. The van der Waals surface area contributed by atoms with Gasteiger partial charge in [-0.3, -0.25) is 19.7 Å². The molecule has 1 saturated heterocycles. The summed E-state index contributed by atoms with van der Waals surface area (Å²) in [6.07, 6.45) is 1.37. The number of ether oxygens (including phenoxy) is 1. The molecule has 1 fully saturated rings. The van der Waals surface area contributed by atoms with Crippen LogP contribution in [0.3, 0.4) is 0 Å². The van der Waals surface area contributed by atoms with E-state index in [4.69, 9.17) is 16.3 Å². The molecule has 0 bridgehead atoms. The van der Waals surface area contributed by atoms with Crippen LogP contribution in [0.2, 0.25) is 4.34 Å². The van der Waals surface area contributed by atoms with Gasteiger partial charge in [0, 0.05) is 19.2 Å². The summed E-state index contributed by atoms with van der Waals surface area (Å²) in [4.78, 5) is 36.1. The van der Waals surface area contributed by atoms with Crippen LogP contribution in [-0.2, 0) is 9.53 Å². The molecule has 22 heavy (non-hydrogen) atoms. The summed E-state index contributed by atoms with van der Waals surface area (Å²) in [5, 5.41) is 10.8. The second kappa shape index (κ2) is 7.06. The molecular formula is C13H15ClN2O5S. The molecule has 7 nitrogen and oxygen atoms in total. The van der Waals surface area contributed by atoms with Gasteiger partial charge in [0.1, 0.15) is 4.88 Å². The Morgan fingerprint density at radius 1 is 1.59 bits per heavy atom. The van der Waals surface area contributed by atoms with Crippen LogP contribution in [0.1, 0.15) is 29.4 Å². The third-order valence-corrected chi connectivity index (χ3v) is 4.73. The Morgan fingerprint density at radius 2 is 2.32 bits per heavy atom. The second-order valence-corrected chi connectivity index (χ2v) is 6.52. The van der Waals surface area contributed by atoms with E-state index in [0.717, 1.165) is 11.3 Å². The first-order chi connectivity index (χ1) is 10.4. The highest BCUT2D eigenvalue weighted by atomic mass is 35.5. The number of hydrogen-bond donors (Lipinski definition) is 0. The first kappa shape index (κ1) is 16.7. The van der Waals surface area contributed by atoms with Crippen molar-refractivity contribution in [3.05, 3.63) is 25.4 Å². The van der Waals surface area contributed by atoms with Crippen LogP contribution < -0.4 is 0 Å². The minimum Gasteiger partial charge on any atom is -0.466 e. The molecular weight excluding hydrogens is 332 g/mol. The van der Waals surface area contributed by atoms with E-state index in [1.54, 1.807) is 6.92 Å². The van der Waals surface area contributed by atoms with Gasteiger partial charge in [-0.15, -0.1) is 11.3 Å². The number of rotatable bonds is 4. The number of esters is 1. The van der Waals surface area contributed by atoms with Crippen molar-refractivity contribution in [1.82, 2.24) is 4.90 Å². The van der Waals surface area contributed by atoms with E-state index in [0.29, 0.717) is 26.0 Å². The summed E-state index contributed by atoms with van der Waals surface area (Å²) in [6.45, 7) is 2.81.